The Hall–Kier alpha value is -1.79. The number of nitrogens with one attached hydrogen (secondary N) is 1. The van der Waals surface area contributed by atoms with Gasteiger partial charge in [-0.25, -0.2) is 0 Å². The first-order valence-electron chi connectivity index (χ1n) is 8.83. The van der Waals surface area contributed by atoms with E-state index in [-0.39, 0.29) is 18.0 Å². The number of hydrogen-bond acceptors (Lipinski definition) is 2. The molecule has 1 heterocycles. The molecule has 0 aliphatic carbocycles. The van der Waals surface area contributed by atoms with Crippen LogP contribution in [0.4, 0.5) is 0 Å². The van der Waals surface area contributed by atoms with Gasteiger partial charge in [0.1, 0.15) is 11.8 Å². The third kappa shape index (κ3) is 4.28. The Balaban J connectivity index is 1.78. The first kappa shape index (κ1) is 19.5. The maximum Gasteiger partial charge on any atom is 0.186 e. The molecule has 0 fully saturated rings. The van der Waals surface area contributed by atoms with Gasteiger partial charge < -0.3 is 15.7 Å². The van der Waals surface area contributed by atoms with Gasteiger partial charge in [-0.1, -0.05) is 55.6 Å². The van der Waals surface area contributed by atoms with Crippen molar-refractivity contribution in [2.45, 2.75) is 12.2 Å². The van der Waals surface area contributed by atoms with Crippen molar-refractivity contribution in [2.24, 2.45) is 0 Å². The second-order valence-electron chi connectivity index (χ2n) is 6.69. The van der Waals surface area contributed by atoms with Crippen LogP contribution < -0.4 is 10.6 Å². The smallest absolute Gasteiger partial charge is 0.186 e. The maximum atomic E-state index is 10.4. The molecule has 6 heteroatoms. The summed E-state index contributed by atoms with van der Waals surface area (Å²) in [7, 11) is 0. The highest BCUT2D eigenvalue weighted by molar-refractivity contribution is 9.10. The number of halogens is 3. The summed E-state index contributed by atoms with van der Waals surface area (Å²) in [6, 6.07) is 21.5. The predicted molar refractivity (Wildman–Crippen MR) is 120 cm³/mol. The molecular weight excluding hydrogens is 504 g/mol. The van der Waals surface area contributed by atoms with Crippen molar-refractivity contribution in [1.29, 1.82) is 0 Å². The van der Waals surface area contributed by atoms with E-state index in [1.807, 2.05) is 30.3 Å². The average Bonchev–Trinajstić information content (AvgIpc) is 2.70. The van der Waals surface area contributed by atoms with Gasteiger partial charge in [0, 0.05) is 31.3 Å². The van der Waals surface area contributed by atoms with Gasteiger partial charge in [0.2, 0.25) is 0 Å². The molecule has 0 bridgehead atoms. The van der Waals surface area contributed by atoms with Crippen molar-refractivity contribution in [2.75, 3.05) is 0 Å². The van der Waals surface area contributed by atoms with E-state index in [1.54, 1.807) is 12.1 Å². The zero-order valence-corrected chi connectivity index (χ0v) is 18.7. The van der Waals surface area contributed by atoms with Crippen LogP contribution in [0.25, 0.3) is 5.70 Å². The molecule has 3 aromatic rings. The third-order valence-electron chi connectivity index (χ3n) is 4.77. The molecule has 0 radical (unpaired) electrons. The number of rotatable bonds is 3. The van der Waals surface area contributed by atoms with E-state index in [2.05, 4.69) is 72.8 Å². The summed E-state index contributed by atoms with van der Waals surface area (Å²) in [5, 5.41) is 16.9. The lowest BCUT2D eigenvalue weighted by Crippen LogP contribution is -2.89. The van der Waals surface area contributed by atoms with E-state index in [0.717, 1.165) is 31.3 Å². The number of hydrogen-bond donors (Lipinski definition) is 3. The standard InChI is InChI=1S/C22H17Br2ClN2O/c23-15-6-4-13(5-7-15)22-26-19(14-2-1-3-16(24)10-14)12-20(27-22)18-11-17(25)8-9-21(18)28/h1-12,20,22,26-28H/p+1. The maximum absolute atomic E-state index is 10.4. The quantitative estimate of drug-likeness (QED) is 0.425. The summed E-state index contributed by atoms with van der Waals surface area (Å²) < 4.78 is 2.06. The average molecular weight is 522 g/mol. The SMILES string of the molecule is Oc1ccc(Cl)cc1C1C=C(c2cccc(Br)c2)NC(c2ccc(Br)cc2)[NH2+]1. The molecule has 2 unspecified atom stereocenters. The summed E-state index contributed by atoms with van der Waals surface area (Å²) in [6.07, 6.45) is 2.12. The monoisotopic (exact) mass is 519 g/mol. The minimum Gasteiger partial charge on any atom is -0.507 e. The molecule has 2 atom stereocenters. The molecule has 28 heavy (non-hydrogen) atoms. The second kappa shape index (κ2) is 8.29. The van der Waals surface area contributed by atoms with Crippen molar-refractivity contribution < 1.29 is 10.4 Å². The molecule has 0 saturated heterocycles. The van der Waals surface area contributed by atoms with Crippen LogP contribution in [0.1, 0.15) is 28.9 Å². The first-order chi connectivity index (χ1) is 13.5. The third-order valence-corrected chi connectivity index (χ3v) is 6.03. The summed E-state index contributed by atoms with van der Waals surface area (Å²) in [6.45, 7) is 0. The van der Waals surface area contributed by atoms with E-state index in [1.165, 1.54) is 0 Å². The number of benzene rings is 3. The van der Waals surface area contributed by atoms with Gasteiger partial charge in [-0.3, -0.25) is 0 Å². The molecule has 0 aromatic heterocycles. The van der Waals surface area contributed by atoms with Gasteiger partial charge in [-0.15, -0.1) is 0 Å². The van der Waals surface area contributed by atoms with Crippen LogP contribution in [0.3, 0.4) is 0 Å². The summed E-state index contributed by atoms with van der Waals surface area (Å²) >= 11 is 13.3. The van der Waals surface area contributed by atoms with Gasteiger partial charge in [0.15, 0.2) is 6.17 Å². The molecule has 142 valence electrons. The van der Waals surface area contributed by atoms with Crippen LogP contribution in [-0.2, 0) is 0 Å². The molecule has 3 nitrogen and oxygen atoms in total. The molecule has 0 saturated carbocycles. The molecule has 3 aromatic carbocycles. The van der Waals surface area contributed by atoms with Crippen LogP contribution in [0.15, 0.2) is 81.8 Å². The number of aromatic hydroxyl groups is 1. The van der Waals surface area contributed by atoms with Gasteiger partial charge in [-0.05, 0) is 60.2 Å². The van der Waals surface area contributed by atoms with Crippen LogP contribution in [0.2, 0.25) is 5.02 Å². The Morgan fingerprint density at radius 2 is 1.71 bits per heavy atom. The topological polar surface area (TPSA) is 48.9 Å². The van der Waals surface area contributed by atoms with Gasteiger partial charge in [0.05, 0.1) is 5.56 Å². The Kier molecular flexibility index (Phi) is 5.78. The van der Waals surface area contributed by atoms with E-state index in [4.69, 9.17) is 11.6 Å². The zero-order valence-electron chi connectivity index (χ0n) is 14.7. The second-order valence-corrected chi connectivity index (χ2v) is 8.95. The molecule has 4 N–H and O–H groups in total. The molecular formula is C22H18Br2ClN2O+. The fraction of sp³-hybridized carbons (Fsp3) is 0.0909. The normalized spacial score (nSPS) is 19.0. The van der Waals surface area contributed by atoms with Gasteiger partial charge in [0.25, 0.3) is 0 Å². The van der Waals surface area contributed by atoms with Crippen molar-refractivity contribution in [3.05, 3.63) is 103 Å². The lowest BCUT2D eigenvalue weighted by atomic mass is 9.98. The van der Waals surface area contributed by atoms with E-state index >= 15 is 0 Å². The molecule has 0 amide bonds. The lowest BCUT2D eigenvalue weighted by molar-refractivity contribution is -0.731. The summed E-state index contributed by atoms with van der Waals surface area (Å²) in [5.74, 6) is 0.243. The predicted octanol–water partition coefficient (Wildman–Crippen LogP) is 5.52. The zero-order chi connectivity index (χ0) is 19.7. The van der Waals surface area contributed by atoms with Crippen molar-refractivity contribution >= 4 is 49.2 Å². The van der Waals surface area contributed by atoms with Crippen molar-refractivity contribution in [3.63, 3.8) is 0 Å². The number of nitrogens with two attached hydrogens (primary N) is 1. The Morgan fingerprint density at radius 1 is 0.929 bits per heavy atom. The van der Waals surface area contributed by atoms with Crippen LogP contribution in [0.5, 0.6) is 5.75 Å². The number of phenolic OH excluding ortho intramolecular Hbond substituents is 1. The molecule has 1 aliphatic heterocycles. The van der Waals surface area contributed by atoms with E-state index in [9.17, 15) is 5.11 Å². The summed E-state index contributed by atoms with van der Waals surface area (Å²) in [5.41, 5.74) is 4.04. The largest absolute Gasteiger partial charge is 0.507 e. The molecule has 0 spiro atoms. The van der Waals surface area contributed by atoms with Crippen LogP contribution in [0, 0.1) is 0 Å². The lowest BCUT2D eigenvalue weighted by Gasteiger charge is -2.30. The Morgan fingerprint density at radius 3 is 2.46 bits per heavy atom. The minimum atomic E-state index is -0.0809. The van der Waals surface area contributed by atoms with E-state index in [0.29, 0.717) is 5.02 Å². The van der Waals surface area contributed by atoms with Crippen LogP contribution in [-0.4, -0.2) is 5.11 Å². The fourth-order valence-corrected chi connectivity index (χ4v) is 4.24. The van der Waals surface area contributed by atoms with Gasteiger partial charge >= 0.3 is 0 Å². The minimum absolute atomic E-state index is 0.00420. The molecule has 4 rings (SSSR count). The molecule has 1 aliphatic rings. The first-order valence-corrected chi connectivity index (χ1v) is 10.8. The van der Waals surface area contributed by atoms with Crippen molar-refractivity contribution in [3.8, 4) is 5.75 Å². The Bertz CT molecular complexity index is 1040. The van der Waals surface area contributed by atoms with Gasteiger partial charge in [-0.2, -0.15) is 0 Å². The van der Waals surface area contributed by atoms with E-state index < -0.39 is 0 Å². The highest BCUT2D eigenvalue weighted by Crippen LogP contribution is 2.31. The highest BCUT2D eigenvalue weighted by Gasteiger charge is 2.29. The number of quaternary nitrogens is 1. The highest BCUT2D eigenvalue weighted by atomic mass is 79.9. The Labute approximate surface area is 185 Å². The van der Waals surface area contributed by atoms with Crippen LogP contribution >= 0.6 is 43.5 Å². The fourth-order valence-electron chi connectivity index (χ4n) is 3.39. The summed E-state index contributed by atoms with van der Waals surface area (Å²) in [4.78, 5) is 0. The number of phenols is 1. The van der Waals surface area contributed by atoms with Crippen molar-refractivity contribution in [1.82, 2.24) is 5.32 Å².